The van der Waals surface area contributed by atoms with Crippen LogP contribution in [0.4, 0.5) is 16.1 Å². The maximum Gasteiger partial charge on any atom is 0.297 e. The standard InChI is InChI=1S/C23H30FN5O2/c24-18-1-3-20(4-2-18)28-14-12-27(13-15-28)9-5-19-17-23(21(30)26-19)6-10-29(11-7-23)22-25-8-16-31-22/h1-4,8,16,19H,5-7,9-15,17H2,(H,26,30)/t19-/m0/s1. The van der Waals surface area contributed by atoms with Crippen molar-refractivity contribution < 1.29 is 13.6 Å². The van der Waals surface area contributed by atoms with Gasteiger partial charge in [0.25, 0.3) is 6.01 Å². The number of carbonyl (C=O) groups is 1. The number of nitrogens with one attached hydrogen (secondary N) is 1. The first-order valence-corrected chi connectivity index (χ1v) is 11.3. The molecule has 1 spiro atoms. The summed E-state index contributed by atoms with van der Waals surface area (Å²) in [6.07, 6.45) is 6.89. The summed E-state index contributed by atoms with van der Waals surface area (Å²) in [7, 11) is 0. The molecule has 7 nitrogen and oxygen atoms in total. The molecule has 3 aliphatic rings. The lowest BCUT2D eigenvalue weighted by atomic mass is 9.76. The second kappa shape index (κ2) is 8.49. The number of aromatic nitrogens is 1. The molecule has 166 valence electrons. The Bertz CT molecular complexity index is 872. The molecule has 5 rings (SSSR count). The van der Waals surface area contributed by atoms with E-state index in [2.05, 4.69) is 25.0 Å². The maximum absolute atomic E-state index is 13.1. The number of hydrogen-bond donors (Lipinski definition) is 1. The molecular formula is C23H30FN5O2. The van der Waals surface area contributed by atoms with Crippen LogP contribution in [0.15, 0.2) is 41.1 Å². The van der Waals surface area contributed by atoms with Gasteiger partial charge < -0.3 is 19.5 Å². The van der Waals surface area contributed by atoms with Crippen LogP contribution < -0.4 is 15.1 Å². The Labute approximate surface area is 182 Å². The third-order valence-electron chi connectivity index (χ3n) is 7.22. The first-order valence-electron chi connectivity index (χ1n) is 11.3. The van der Waals surface area contributed by atoms with E-state index in [1.807, 2.05) is 12.1 Å². The van der Waals surface area contributed by atoms with Crippen LogP contribution in [0, 0.1) is 11.2 Å². The van der Waals surface area contributed by atoms with Gasteiger partial charge in [0, 0.05) is 57.5 Å². The fraction of sp³-hybridized carbons (Fsp3) is 0.565. The number of piperidine rings is 1. The Balaban J connectivity index is 1.08. The van der Waals surface area contributed by atoms with E-state index in [-0.39, 0.29) is 23.2 Å². The van der Waals surface area contributed by atoms with Gasteiger partial charge in [-0.25, -0.2) is 9.37 Å². The number of hydrogen-bond acceptors (Lipinski definition) is 6. The highest BCUT2D eigenvalue weighted by atomic mass is 19.1. The predicted molar refractivity (Wildman–Crippen MR) is 117 cm³/mol. The predicted octanol–water partition coefficient (Wildman–Crippen LogP) is 2.50. The molecule has 1 N–H and O–H groups in total. The summed E-state index contributed by atoms with van der Waals surface area (Å²) in [4.78, 5) is 24.0. The average Bonchev–Trinajstić information content (AvgIpc) is 3.43. The van der Waals surface area contributed by atoms with Gasteiger partial charge in [0.2, 0.25) is 5.91 Å². The number of halogens is 1. The number of piperazine rings is 1. The highest BCUT2D eigenvalue weighted by molar-refractivity contribution is 5.85. The molecule has 0 radical (unpaired) electrons. The van der Waals surface area contributed by atoms with E-state index in [9.17, 15) is 9.18 Å². The Hall–Kier alpha value is -2.61. The molecule has 0 aliphatic carbocycles. The fourth-order valence-corrected chi connectivity index (χ4v) is 5.28. The molecule has 4 heterocycles. The average molecular weight is 428 g/mol. The Morgan fingerprint density at radius 2 is 1.81 bits per heavy atom. The zero-order chi connectivity index (χ0) is 21.3. The van der Waals surface area contributed by atoms with Gasteiger partial charge in [0.15, 0.2) is 0 Å². The molecule has 1 amide bonds. The molecule has 1 atom stereocenters. The molecule has 3 saturated heterocycles. The van der Waals surface area contributed by atoms with Crippen LogP contribution >= 0.6 is 0 Å². The molecule has 0 bridgehead atoms. The van der Waals surface area contributed by atoms with Gasteiger partial charge in [-0.05, 0) is 49.9 Å². The number of amides is 1. The Morgan fingerprint density at radius 1 is 1.06 bits per heavy atom. The number of anilines is 2. The Kier molecular flexibility index (Phi) is 5.56. The fourth-order valence-electron chi connectivity index (χ4n) is 5.28. The highest BCUT2D eigenvalue weighted by Gasteiger charge is 2.48. The third kappa shape index (κ3) is 4.26. The van der Waals surface area contributed by atoms with Gasteiger partial charge >= 0.3 is 0 Å². The maximum atomic E-state index is 13.1. The normalized spacial score (nSPS) is 24.0. The summed E-state index contributed by atoms with van der Waals surface area (Å²) in [6.45, 7) is 6.51. The van der Waals surface area contributed by atoms with Crippen molar-refractivity contribution in [2.24, 2.45) is 5.41 Å². The number of oxazole rings is 1. The second-order valence-corrected chi connectivity index (χ2v) is 9.05. The molecule has 0 saturated carbocycles. The monoisotopic (exact) mass is 427 g/mol. The second-order valence-electron chi connectivity index (χ2n) is 9.05. The number of benzene rings is 1. The van der Waals surface area contributed by atoms with Gasteiger partial charge in [-0.15, -0.1) is 0 Å². The van der Waals surface area contributed by atoms with Gasteiger partial charge in [0.1, 0.15) is 12.1 Å². The van der Waals surface area contributed by atoms with E-state index in [4.69, 9.17) is 4.42 Å². The molecule has 1 aromatic heterocycles. The van der Waals surface area contributed by atoms with E-state index in [1.54, 1.807) is 12.5 Å². The van der Waals surface area contributed by atoms with Crippen LogP contribution in [0.2, 0.25) is 0 Å². The minimum Gasteiger partial charge on any atom is -0.432 e. The van der Waals surface area contributed by atoms with Gasteiger partial charge in [-0.2, -0.15) is 0 Å². The summed E-state index contributed by atoms with van der Waals surface area (Å²) in [5, 5.41) is 3.27. The molecule has 1 aromatic carbocycles. The topological polar surface area (TPSA) is 64.9 Å². The molecule has 0 unspecified atom stereocenters. The zero-order valence-electron chi connectivity index (χ0n) is 17.8. The number of carbonyl (C=O) groups excluding carboxylic acids is 1. The third-order valence-corrected chi connectivity index (χ3v) is 7.22. The van der Waals surface area contributed by atoms with Crippen molar-refractivity contribution in [2.75, 3.05) is 55.6 Å². The van der Waals surface area contributed by atoms with Gasteiger partial charge in [-0.1, -0.05) is 0 Å². The molecular weight excluding hydrogens is 397 g/mol. The molecule has 8 heteroatoms. The van der Waals surface area contributed by atoms with Crippen LogP contribution in [0.25, 0.3) is 0 Å². The van der Waals surface area contributed by atoms with E-state index >= 15 is 0 Å². The van der Waals surface area contributed by atoms with Crippen molar-refractivity contribution in [2.45, 2.75) is 31.7 Å². The van der Waals surface area contributed by atoms with Crippen LogP contribution in [0.3, 0.4) is 0 Å². The van der Waals surface area contributed by atoms with Crippen LogP contribution in [-0.4, -0.2) is 67.6 Å². The molecule has 2 aromatic rings. The smallest absolute Gasteiger partial charge is 0.297 e. The molecule has 3 fully saturated rings. The quantitative estimate of drug-likeness (QED) is 0.791. The van der Waals surface area contributed by atoms with Crippen molar-refractivity contribution in [3.63, 3.8) is 0 Å². The van der Waals surface area contributed by atoms with Crippen molar-refractivity contribution in [1.29, 1.82) is 0 Å². The van der Waals surface area contributed by atoms with Crippen LogP contribution in [0.1, 0.15) is 25.7 Å². The van der Waals surface area contributed by atoms with E-state index in [0.29, 0.717) is 6.01 Å². The molecule has 31 heavy (non-hydrogen) atoms. The minimum atomic E-state index is -0.227. The van der Waals surface area contributed by atoms with Crippen molar-refractivity contribution in [3.8, 4) is 0 Å². The number of rotatable bonds is 5. The first-order chi connectivity index (χ1) is 15.1. The zero-order valence-corrected chi connectivity index (χ0v) is 17.8. The molecule has 3 aliphatic heterocycles. The first kappa shape index (κ1) is 20.3. The van der Waals surface area contributed by atoms with Crippen LogP contribution in [0.5, 0.6) is 0 Å². The van der Waals surface area contributed by atoms with E-state index < -0.39 is 0 Å². The highest BCUT2D eigenvalue weighted by Crippen LogP contribution is 2.41. The summed E-state index contributed by atoms with van der Waals surface area (Å²) in [6, 6.07) is 7.67. The van der Waals surface area contributed by atoms with Crippen LogP contribution in [-0.2, 0) is 4.79 Å². The lowest BCUT2D eigenvalue weighted by Gasteiger charge is -2.37. The summed E-state index contributed by atoms with van der Waals surface area (Å²) in [5.74, 6) is 0.0350. The summed E-state index contributed by atoms with van der Waals surface area (Å²) in [5.41, 5.74) is 0.858. The Morgan fingerprint density at radius 3 is 2.48 bits per heavy atom. The van der Waals surface area contributed by atoms with E-state index in [1.165, 1.54) is 12.1 Å². The SMILES string of the molecule is O=C1N[C@@H](CCN2CCN(c3ccc(F)cc3)CC2)CC12CCN(c1ncco1)CC2. The summed E-state index contributed by atoms with van der Waals surface area (Å²) >= 11 is 0. The van der Waals surface area contributed by atoms with Gasteiger partial charge in [0.05, 0.1) is 11.6 Å². The lowest BCUT2D eigenvalue weighted by molar-refractivity contribution is -0.128. The largest absolute Gasteiger partial charge is 0.432 e. The van der Waals surface area contributed by atoms with Crippen molar-refractivity contribution >= 4 is 17.6 Å². The number of nitrogens with zero attached hydrogens (tertiary/aromatic N) is 4. The van der Waals surface area contributed by atoms with Crippen molar-refractivity contribution in [1.82, 2.24) is 15.2 Å². The van der Waals surface area contributed by atoms with Gasteiger partial charge in [-0.3, -0.25) is 9.69 Å². The summed E-state index contributed by atoms with van der Waals surface area (Å²) < 4.78 is 18.5. The van der Waals surface area contributed by atoms with Crippen molar-refractivity contribution in [3.05, 3.63) is 42.5 Å². The minimum absolute atomic E-state index is 0.193. The lowest BCUT2D eigenvalue weighted by Crippen LogP contribution is -2.47. The van der Waals surface area contributed by atoms with E-state index in [0.717, 1.165) is 77.2 Å².